The van der Waals surface area contributed by atoms with Crippen molar-refractivity contribution in [2.75, 3.05) is 26.2 Å². The van der Waals surface area contributed by atoms with Gasteiger partial charge in [0.15, 0.2) is 0 Å². The molecule has 164 valence electrons. The Morgan fingerprint density at radius 2 is 1.97 bits per heavy atom. The number of hydrogen-bond acceptors (Lipinski definition) is 5. The number of nitrogens with zero attached hydrogens (tertiary/aromatic N) is 3. The number of aromatic nitrogens is 2. The van der Waals surface area contributed by atoms with E-state index in [9.17, 15) is 9.59 Å². The van der Waals surface area contributed by atoms with Crippen LogP contribution in [0.5, 0.6) is 0 Å². The van der Waals surface area contributed by atoms with Crippen LogP contribution in [0.1, 0.15) is 62.1 Å². The van der Waals surface area contributed by atoms with Gasteiger partial charge < -0.3 is 20.7 Å². The van der Waals surface area contributed by atoms with Gasteiger partial charge in [0.25, 0.3) is 0 Å². The average molecular weight is 416 g/mol. The molecule has 2 aromatic rings. The van der Waals surface area contributed by atoms with Gasteiger partial charge in [-0.1, -0.05) is 6.07 Å². The Hall–Kier alpha value is -2.61. The van der Waals surface area contributed by atoms with Crippen LogP contribution in [0, 0.1) is 6.92 Å². The van der Waals surface area contributed by atoms with Crippen molar-refractivity contribution >= 4 is 22.9 Å². The number of nitrogens with one attached hydrogen (secondary N) is 1. The minimum absolute atomic E-state index is 0.306. The molecule has 8 heteroatoms. The molecule has 3 rings (SSSR count). The molecule has 0 unspecified atom stereocenters. The summed E-state index contributed by atoms with van der Waals surface area (Å²) in [4.78, 5) is 25.7. The number of nitrogens with two attached hydrogens (primary N) is 1. The molecule has 0 bridgehead atoms. The monoisotopic (exact) mass is 415 g/mol. The molecular weight excluding hydrogens is 382 g/mol. The third kappa shape index (κ3) is 5.50. The molecule has 1 aromatic heterocycles. The molecule has 1 aliphatic rings. The molecule has 8 nitrogen and oxygen atoms in total. The van der Waals surface area contributed by atoms with Crippen molar-refractivity contribution in [2.45, 2.75) is 58.6 Å². The van der Waals surface area contributed by atoms with Gasteiger partial charge in [0.2, 0.25) is 5.91 Å². The van der Waals surface area contributed by atoms with Gasteiger partial charge in [0, 0.05) is 30.6 Å². The lowest BCUT2D eigenvalue weighted by Crippen LogP contribution is -2.37. The zero-order valence-corrected chi connectivity index (χ0v) is 18.4. The minimum atomic E-state index is -0.473. The summed E-state index contributed by atoms with van der Waals surface area (Å²) in [6.07, 6.45) is 2.51. The minimum Gasteiger partial charge on any atom is -0.444 e. The van der Waals surface area contributed by atoms with Crippen LogP contribution in [0.25, 0.3) is 10.9 Å². The van der Waals surface area contributed by atoms with Crippen molar-refractivity contribution < 1.29 is 14.3 Å². The number of carbonyl (C=O) groups is 2. The summed E-state index contributed by atoms with van der Waals surface area (Å²) < 4.78 is 7.32. The largest absolute Gasteiger partial charge is 0.444 e. The second kappa shape index (κ2) is 9.04. The molecule has 0 radical (unpaired) electrons. The first-order valence-electron chi connectivity index (χ1n) is 10.6. The van der Waals surface area contributed by atoms with E-state index in [-0.39, 0.29) is 6.09 Å². The summed E-state index contributed by atoms with van der Waals surface area (Å²) in [5.41, 5.74) is 7.44. The van der Waals surface area contributed by atoms with Gasteiger partial charge in [-0.25, -0.2) is 4.79 Å². The molecule has 0 atom stereocenters. The van der Waals surface area contributed by atoms with Crippen molar-refractivity contribution in [2.24, 2.45) is 5.73 Å². The fourth-order valence-electron chi connectivity index (χ4n) is 3.92. The van der Waals surface area contributed by atoms with E-state index in [1.807, 2.05) is 39.8 Å². The molecule has 0 aliphatic carbocycles. The van der Waals surface area contributed by atoms with E-state index in [0.717, 1.165) is 55.5 Å². The Kier molecular flexibility index (Phi) is 6.65. The molecule has 0 spiro atoms. The van der Waals surface area contributed by atoms with E-state index in [1.165, 1.54) is 0 Å². The number of fused-ring (bicyclic) bond motifs is 1. The number of hydrogen-bond donors (Lipinski definition) is 2. The number of primary amides is 1. The van der Waals surface area contributed by atoms with Gasteiger partial charge in [0.05, 0.1) is 17.3 Å². The third-order valence-corrected chi connectivity index (χ3v) is 5.40. The van der Waals surface area contributed by atoms with Crippen LogP contribution in [0.4, 0.5) is 4.79 Å². The Morgan fingerprint density at radius 1 is 1.27 bits per heavy atom. The van der Waals surface area contributed by atoms with Crippen LogP contribution in [-0.4, -0.2) is 58.5 Å². The Balaban J connectivity index is 1.51. The average Bonchev–Trinajstić information content (AvgIpc) is 3.00. The number of alkyl carbamates (subject to hydrolysis) is 1. The van der Waals surface area contributed by atoms with Crippen LogP contribution < -0.4 is 11.1 Å². The molecule has 2 heterocycles. The number of benzene rings is 1. The van der Waals surface area contributed by atoms with Crippen LogP contribution in [0.15, 0.2) is 18.2 Å². The van der Waals surface area contributed by atoms with Gasteiger partial charge in [-0.15, -0.1) is 0 Å². The lowest BCUT2D eigenvalue weighted by Gasteiger charge is -2.32. The quantitative estimate of drug-likeness (QED) is 0.706. The highest BCUT2D eigenvalue weighted by Gasteiger charge is 2.23. The maximum Gasteiger partial charge on any atom is 0.407 e. The van der Waals surface area contributed by atoms with E-state index in [0.29, 0.717) is 18.2 Å². The first-order valence-corrected chi connectivity index (χ1v) is 10.6. The van der Waals surface area contributed by atoms with E-state index < -0.39 is 11.5 Å². The van der Waals surface area contributed by atoms with Gasteiger partial charge in [-0.05, 0) is 65.6 Å². The SMILES string of the molecule is Cc1nn(C2CCN(CCCNC(=O)OC(C)(C)C)CC2)c2cc(C(N)=O)ccc12. The Bertz CT molecular complexity index is 907. The number of likely N-dealkylation sites (tertiary alicyclic amines) is 1. The lowest BCUT2D eigenvalue weighted by atomic mass is 10.0. The molecule has 1 aliphatic heterocycles. The topological polar surface area (TPSA) is 102 Å². The number of ether oxygens (including phenoxy) is 1. The molecule has 30 heavy (non-hydrogen) atoms. The molecule has 1 aromatic carbocycles. The molecule has 1 saturated heterocycles. The van der Waals surface area contributed by atoms with Crippen molar-refractivity contribution in [3.8, 4) is 0 Å². The smallest absolute Gasteiger partial charge is 0.407 e. The highest BCUT2D eigenvalue weighted by atomic mass is 16.6. The van der Waals surface area contributed by atoms with Gasteiger partial charge in [-0.2, -0.15) is 5.10 Å². The van der Waals surface area contributed by atoms with E-state index in [4.69, 9.17) is 15.6 Å². The van der Waals surface area contributed by atoms with Crippen LogP contribution >= 0.6 is 0 Å². The summed E-state index contributed by atoms with van der Waals surface area (Å²) in [5.74, 6) is -0.419. The Labute approximate surface area is 177 Å². The summed E-state index contributed by atoms with van der Waals surface area (Å²) in [7, 11) is 0. The molecule has 1 fully saturated rings. The standard InChI is InChI=1S/C22H33N5O3/c1-15-18-7-6-16(20(23)28)14-19(18)27(25-15)17-8-12-26(13-9-17)11-5-10-24-21(29)30-22(2,3)4/h6-7,14,17H,5,8-13H2,1-4H3,(H2,23,28)(H,24,29). The lowest BCUT2D eigenvalue weighted by molar-refractivity contribution is 0.0524. The maximum atomic E-state index is 11.7. The molecular formula is C22H33N5O3. The highest BCUT2D eigenvalue weighted by Crippen LogP contribution is 2.28. The van der Waals surface area contributed by atoms with Gasteiger partial charge >= 0.3 is 6.09 Å². The highest BCUT2D eigenvalue weighted by molar-refractivity contribution is 5.97. The Morgan fingerprint density at radius 3 is 2.60 bits per heavy atom. The van der Waals surface area contributed by atoms with E-state index >= 15 is 0 Å². The summed E-state index contributed by atoms with van der Waals surface area (Å²) in [5, 5.41) is 8.62. The number of carbonyl (C=O) groups excluding carboxylic acids is 2. The normalized spacial score (nSPS) is 16.0. The van der Waals surface area contributed by atoms with Crippen LogP contribution in [-0.2, 0) is 4.74 Å². The summed E-state index contributed by atoms with van der Waals surface area (Å²) >= 11 is 0. The number of amides is 2. The second-order valence-electron chi connectivity index (χ2n) is 8.98. The zero-order chi connectivity index (χ0) is 21.9. The zero-order valence-electron chi connectivity index (χ0n) is 18.4. The fraction of sp³-hybridized carbons (Fsp3) is 0.591. The fourth-order valence-corrected chi connectivity index (χ4v) is 3.92. The second-order valence-corrected chi connectivity index (χ2v) is 8.98. The third-order valence-electron chi connectivity index (χ3n) is 5.40. The van der Waals surface area contributed by atoms with Crippen molar-refractivity contribution in [1.82, 2.24) is 20.0 Å². The maximum absolute atomic E-state index is 11.7. The number of aryl methyl sites for hydroxylation is 1. The van der Waals surface area contributed by atoms with Gasteiger partial charge in [-0.3, -0.25) is 9.48 Å². The predicted molar refractivity (Wildman–Crippen MR) is 117 cm³/mol. The summed E-state index contributed by atoms with van der Waals surface area (Å²) in [6.45, 7) is 11.1. The first kappa shape index (κ1) is 22.1. The first-order chi connectivity index (χ1) is 14.1. The van der Waals surface area contributed by atoms with E-state index in [2.05, 4.69) is 14.9 Å². The predicted octanol–water partition coefficient (Wildman–Crippen LogP) is 3.00. The molecule has 2 amide bonds. The number of piperidine rings is 1. The number of rotatable bonds is 6. The van der Waals surface area contributed by atoms with Crippen molar-refractivity contribution in [3.63, 3.8) is 0 Å². The van der Waals surface area contributed by atoms with Gasteiger partial charge in [0.1, 0.15) is 5.60 Å². The molecule has 0 saturated carbocycles. The summed E-state index contributed by atoms with van der Waals surface area (Å²) in [6, 6.07) is 5.85. The van der Waals surface area contributed by atoms with Crippen LogP contribution in [0.2, 0.25) is 0 Å². The van der Waals surface area contributed by atoms with Crippen molar-refractivity contribution in [3.05, 3.63) is 29.5 Å². The molecule has 3 N–H and O–H groups in total. The van der Waals surface area contributed by atoms with Crippen molar-refractivity contribution in [1.29, 1.82) is 0 Å². The van der Waals surface area contributed by atoms with Crippen LogP contribution in [0.3, 0.4) is 0 Å². The van der Waals surface area contributed by atoms with E-state index in [1.54, 1.807) is 6.07 Å².